The quantitative estimate of drug-likeness (QED) is 0.628. The van der Waals surface area contributed by atoms with Gasteiger partial charge in [0.05, 0.1) is 0 Å². The minimum Gasteiger partial charge on any atom is -0.339 e. The average Bonchev–Trinajstić information content (AvgIpc) is 2.66. The highest BCUT2D eigenvalue weighted by atomic mass is 14.8. The largest absolute Gasteiger partial charge is 0.339 e. The van der Waals surface area contributed by atoms with Crippen LogP contribution in [-0.2, 0) is 6.54 Å². The van der Waals surface area contributed by atoms with Crippen LogP contribution in [-0.4, -0.2) is 9.97 Å². The van der Waals surface area contributed by atoms with E-state index >= 15 is 0 Å². The number of aromatic nitrogens is 2. The van der Waals surface area contributed by atoms with E-state index in [0.717, 1.165) is 22.1 Å². The van der Waals surface area contributed by atoms with Gasteiger partial charge in [-0.1, -0.05) is 18.2 Å². The first-order valence-corrected chi connectivity index (χ1v) is 4.94. The van der Waals surface area contributed by atoms with Crippen LogP contribution in [0.2, 0.25) is 0 Å². The standard InChI is InChI=1S/C12H11N3/c13-6-8-5-10-9-3-1-2-4-11(9)15-12(10)14-7-8/h1-5,7H,6,13H2,(H,14,15). The van der Waals surface area contributed by atoms with E-state index in [2.05, 4.69) is 28.2 Å². The second-order valence-corrected chi connectivity index (χ2v) is 3.61. The molecule has 3 rings (SSSR count). The number of pyridine rings is 1. The van der Waals surface area contributed by atoms with Crippen molar-refractivity contribution in [2.75, 3.05) is 0 Å². The molecule has 74 valence electrons. The monoisotopic (exact) mass is 197 g/mol. The zero-order valence-electron chi connectivity index (χ0n) is 8.20. The van der Waals surface area contributed by atoms with Crippen molar-refractivity contribution in [3.8, 4) is 0 Å². The zero-order chi connectivity index (χ0) is 10.3. The number of aromatic amines is 1. The fourth-order valence-corrected chi connectivity index (χ4v) is 1.88. The number of hydrogen-bond acceptors (Lipinski definition) is 2. The topological polar surface area (TPSA) is 54.7 Å². The Labute approximate surface area is 86.9 Å². The van der Waals surface area contributed by atoms with Gasteiger partial charge in [0.2, 0.25) is 0 Å². The van der Waals surface area contributed by atoms with Crippen molar-refractivity contribution in [1.29, 1.82) is 0 Å². The molecule has 3 nitrogen and oxygen atoms in total. The van der Waals surface area contributed by atoms with Gasteiger partial charge in [-0.3, -0.25) is 0 Å². The molecule has 0 atom stereocenters. The number of fused-ring (bicyclic) bond motifs is 3. The Bertz CT molecular complexity index is 625. The SMILES string of the molecule is NCc1cnc2[nH]c3ccccc3c2c1. The Balaban J connectivity index is 2.46. The van der Waals surface area contributed by atoms with Crippen LogP contribution in [0.4, 0.5) is 0 Å². The van der Waals surface area contributed by atoms with E-state index in [1.54, 1.807) is 0 Å². The maximum atomic E-state index is 5.60. The van der Waals surface area contributed by atoms with Gasteiger partial charge in [-0.05, 0) is 17.7 Å². The molecule has 0 amide bonds. The molecule has 2 aromatic heterocycles. The van der Waals surface area contributed by atoms with Crippen molar-refractivity contribution < 1.29 is 0 Å². The molecule has 0 aliphatic rings. The van der Waals surface area contributed by atoms with Gasteiger partial charge in [0.1, 0.15) is 5.65 Å². The second kappa shape index (κ2) is 3.07. The summed E-state index contributed by atoms with van der Waals surface area (Å²) in [5.74, 6) is 0. The van der Waals surface area contributed by atoms with Gasteiger partial charge >= 0.3 is 0 Å². The summed E-state index contributed by atoms with van der Waals surface area (Å²) in [6, 6.07) is 10.3. The van der Waals surface area contributed by atoms with Crippen LogP contribution in [0, 0.1) is 0 Å². The van der Waals surface area contributed by atoms with Gasteiger partial charge < -0.3 is 10.7 Å². The predicted molar refractivity (Wildman–Crippen MR) is 61.5 cm³/mol. The molecule has 0 fully saturated rings. The van der Waals surface area contributed by atoms with Gasteiger partial charge in [-0.2, -0.15) is 0 Å². The van der Waals surface area contributed by atoms with Crippen LogP contribution in [0.1, 0.15) is 5.56 Å². The van der Waals surface area contributed by atoms with Crippen molar-refractivity contribution in [1.82, 2.24) is 9.97 Å². The molecule has 3 N–H and O–H groups in total. The third-order valence-electron chi connectivity index (χ3n) is 2.65. The molecule has 0 saturated carbocycles. The number of H-pyrrole nitrogens is 1. The van der Waals surface area contributed by atoms with Crippen LogP contribution < -0.4 is 5.73 Å². The molecule has 15 heavy (non-hydrogen) atoms. The Morgan fingerprint density at radius 3 is 2.93 bits per heavy atom. The molecule has 2 heterocycles. The summed E-state index contributed by atoms with van der Waals surface area (Å²) in [6.07, 6.45) is 1.82. The normalized spacial score (nSPS) is 11.3. The van der Waals surface area contributed by atoms with E-state index in [1.807, 2.05) is 18.3 Å². The Hall–Kier alpha value is -1.87. The fourth-order valence-electron chi connectivity index (χ4n) is 1.88. The summed E-state index contributed by atoms with van der Waals surface area (Å²) in [7, 11) is 0. The zero-order valence-corrected chi connectivity index (χ0v) is 8.20. The van der Waals surface area contributed by atoms with Crippen molar-refractivity contribution in [2.45, 2.75) is 6.54 Å². The van der Waals surface area contributed by atoms with Crippen LogP contribution >= 0.6 is 0 Å². The molecule has 0 radical (unpaired) electrons. The molecular formula is C12H11N3. The van der Waals surface area contributed by atoms with E-state index in [-0.39, 0.29) is 0 Å². The molecular weight excluding hydrogens is 186 g/mol. The smallest absolute Gasteiger partial charge is 0.138 e. The minimum absolute atomic E-state index is 0.530. The lowest BCUT2D eigenvalue weighted by molar-refractivity contribution is 1.06. The highest BCUT2D eigenvalue weighted by Gasteiger charge is 2.04. The lowest BCUT2D eigenvalue weighted by atomic mass is 10.1. The maximum Gasteiger partial charge on any atom is 0.138 e. The van der Waals surface area contributed by atoms with Crippen LogP contribution in [0.5, 0.6) is 0 Å². The third kappa shape index (κ3) is 1.21. The predicted octanol–water partition coefficient (Wildman–Crippen LogP) is 2.17. The van der Waals surface area contributed by atoms with Gasteiger partial charge in [-0.15, -0.1) is 0 Å². The molecule has 3 heteroatoms. The molecule has 0 unspecified atom stereocenters. The number of para-hydroxylation sites is 1. The van der Waals surface area contributed by atoms with Gasteiger partial charge in [0, 0.05) is 29.0 Å². The van der Waals surface area contributed by atoms with E-state index in [1.165, 1.54) is 5.39 Å². The molecule has 1 aromatic carbocycles. The van der Waals surface area contributed by atoms with Gasteiger partial charge in [0.25, 0.3) is 0 Å². The summed E-state index contributed by atoms with van der Waals surface area (Å²) in [5, 5.41) is 2.35. The number of hydrogen-bond donors (Lipinski definition) is 2. The molecule has 0 aliphatic carbocycles. The minimum atomic E-state index is 0.530. The lowest BCUT2D eigenvalue weighted by Gasteiger charge is -1.95. The van der Waals surface area contributed by atoms with Crippen molar-refractivity contribution >= 4 is 21.9 Å². The summed E-state index contributed by atoms with van der Waals surface area (Å²) in [4.78, 5) is 7.63. The van der Waals surface area contributed by atoms with Gasteiger partial charge in [-0.25, -0.2) is 4.98 Å². The first-order chi connectivity index (χ1) is 7.38. The number of nitrogens with two attached hydrogens (primary N) is 1. The molecule has 0 bridgehead atoms. The Kier molecular flexibility index (Phi) is 1.73. The van der Waals surface area contributed by atoms with E-state index in [4.69, 9.17) is 5.73 Å². The Morgan fingerprint density at radius 1 is 1.20 bits per heavy atom. The number of rotatable bonds is 1. The summed E-state index contributed by atoms with van der Waals surface area (Å²) < 4.78 is 0. The van der Waals surface area contributed by atoms with Crippen molar-refractivity contribution in [3.05, 3.63) is 42.1 Å². The van der Waals surface area contributed by atoms with Crippen molar-refractivity contribution in [3.63, 3.8) is 0 Å². The fraction of sp³-hybridized carbons (Fsp3) is 0.0833. The third-order valence-corrected chi connectivity index (χ3v) is 2.65. The molecule has 0 spiro atoms. The summed E-state index contributed by atoms with van der Waals surface area (Å²) in [5.41, 5.74) is 8.71. The van der Waals surface area contributed by atoms with E-state index in [9.17, 15) is 0 Å². The highest BCUT2D eigenvalue weighted by Crippen LogP contribution is 2.24. The summed E-state index contributed by atoms with van der Waals surface area (Å²) in [6.45, 7) is 0.530. The van der Waals surface area contributed by atoms with E-state index in [0.29, 0.717) is 6.54 Å². The first kappa shape index (κ1) is 8.44. The summed E-state index contributed by atoms with van der Waals surface area (Å²) >= 11 is 0. The first-order valence-electron chi connectivity index (χ1n) is 4.94. The molecule has 3 aromatic rings. The molecule has 0 aliphatic heterocycles. The van der Waals surface area contributed by atoms with Crippen LogP contribution in [0.15, 0.2) is 36.5 Å². The lowest BCUT2D eigenvalue weighted by Crippen LogP contribution is -1.96. The van der Waals surface area contributed by atoms with Crippen molar-refractivity contribution in [2.24, 2.45) is 5.73 Å². The number of nitrogens with zero attached hydrogens (tertiary/aromatic N) is 1. The van der Waals surface area contributed by atoms with Crippen LogP contribution in [0.25, 0.3) is 21.9 Å². The second-order valence-electron chi connectivity index (χ2n) is 3.61. The molecule has 0 saturated heterocycles. The van der Waals surface area contributed by atoms with Crippen LogP contribution in [0.3, 0.4) is 0 Å². The highest BCUT2D eigenvalue weighted by molar-refractivity contribution is 6.05. The maximum absolute atomic E-state index is 5.60. The number of benzene rings is 1. The Morgan fingerprint density at radius 2 is 2.07 bits per heavy atom. The van der Waals surface area contributed by atoms with Gasteiger partial charge in [0.15, 0.2) is 0 Å². The number of nitrogens with one attached hydrogen (secondary N) is 1. The van der Waals surface area contributed by atoms with E-state index < -0.39 is 0 Å². The average molecular weight is 197 g/mol.